The van der Waals surface area contributed by atoms with Crippen LogP contribution in [0.1, 0.15) is 39.5 Å². The lowest BCUT2D eigenvalue weighted by molar-refractivity contribution is 0.0719. The second-order valence-corrected chi connectivity index (χ2v) is 5.97. The van der Waals surface area contributed by atoms with Gasteiger partial charge in [0.1, 0.15) is 0 Å². The fourth-order valence-corrected chi connectivity index (χ4v) is 3.33. The maximum absolute atomic E-state index is 10.6. The molecule has 8 heteroatoms. The molecule has 0 aromatic heterocycles. The molecule has 1 rings (SSSR count). The quantitative estimate of drug-likeness (QED) is 0.727. The van der Waals surface area contributed by atoms with Crippen LogP contribution in [0.25, 0.3) is 0 Å². The fraction of sp³-hybridized carbons (Fsp3) is 1.00. The van der Waals surface area contributed by atoms with Crippen LogP contribution in [0.4, 0.5) is 0 Å². The van der Waals surface area contributed by atoms with E-state index in [0.717, 1.165) is 25.7 Å². The van der Waals surface area contributed by atoms with Gasteiger partial charge in [-0.2, -0.15) is 8.42 Å². The summed E-state index contributed by atoms with van der Waals surface area (Å²) < 4.78 is 48.1. The van der Waals surface area contributed by atoms with Crippen molar-refractivity contribution in [2.24, 2.45) is 11.8 Å². The van der Waals surface area contributed by atoms with Crippen LogP contribution >= 0.6 is 0 Å². The lowest BCUT2D eigenvalue weighted by Gasteiger charge is -2.33. The van der Waals surface area contributed by atoms with E-state index >= 15 is 0 Å². The molecule has 0 aliphatic heterocycles. The van der Waals surface area contributed by atoms with E-state index in [0.29, 0.717) is 0 Å². The second kappa shape index (κ2) is 7.66. The van der Waals surface area contributed by atoms with Crippen molar-refractivity contribution in [3.63, 3.8) is 0 Å². The number of rotatable bonds is 6. The molecular formula is C10H20O6S2. The van der Waals surface area contributed by atoms with Crippen LogP contribution in [0.5, 0.6) is 0 Å². The summed E-state index contributed by atoms with van der Waals surface area (Å²) in [6, 6.07) is 0. The van der Waals surface area contributed by atoms with Crippen molar-refractivity contribution in [3.8, 4) is 0 Å². The normalized spacial score (nSPS) is 31.6. The summed E-state index contributed by atoms with van der Waals surface area (Å²) in [5.41, 5.74) is 0. The molecule has 0 bridgehead atoms. The van der Waals surface area contributed by atoms with Gasteiger partial charge in [0.05, 0.1) is 12.2 Å². The predicted octanol–water partition coefficient (Wildman–Crippen LogP) is 1.88. The minimum atomic E-state index is -2.22. The molecule has 0 radical (unpaired) electrons. The Balaban J connectivity index is 2.36. The van der Waals surface area contributed by atoms with Crippen molar-refractivity contribution in [2.45, 2.75) is 51.7 Å². The van der Waals surface area contributed by atoms with E-state index in [9.17, 15) is 8.42 Å². The molecular weight excluding hydrogens is 280 g/mol. The summed E-state index contributed by atoms with van der Waals surface area (Å²) in [7, 11) is 0. The Morgan fingerprint density at radius 3 is 1.39 bits per heavy atom. The molecule has 4 atom stereocenters. The van der Waals surface area contributed by atoms with Crippen molar-refractivity contribution in [2.75, 3.05) is 0 Å². The third-order valence-corrected chi connectivity index (χ3v) is 4.55. The average molecular weight is 300 g/mol. The minimum absolute atomic E-state index is 0.250. The average Bonchev–Trinajstić information content (AvgIpc) is 2.27. The fourth-order valence-electron chi connectivity index (χ4n) is 2.50. The van der Waals surface area contributed by atoms with Gasteiger partial charge >= 0.3 is 22.7 Å². The van der Waals surface area contributed by atoms with E-state index in [4.69, 9.17) is 17.5 Å². The first-order chi connectivity index (χ1) is 8.40. The van der Waals surface area contributed by atoms with Gasteiger partial charge in [0, 0.05) is 0 Å². The Labute approximate surface area is 112 Å². The van der Waals surface area contributed by atoms with E-state index in [2.05, 4.69) is 0 Å². The minimum Gasteiger partial charge on any atom is -0.284 e. The van der Waals surface area contributed by atoms with E-state index in [1.807, 2.05) is 0 Å². The predicted molar refractivity (Wildman–Crippen MR) is 68.1 cm³/mol. The summed E-state index contributed by atoms with van der Waals surface area (Å²) >= 11 is -4.44. The molecule has 2 N–H and O–H groups in total. The molecule has 18 heavy (non-hydrogen) atoms. The molecule has 1 aliphatic carbocycles. The highest BCUT2D eigenvalue weighted by Crippen LogP contribution is 2.34. The molecule has 0 aromatic carbocycles. The summed E-state index contributed by atoms with van der Waals surface area (Å²) in [4.78, 5) is 0. The molecule has 6 nitrogen and oxygen atoms in total. The molecule has 1 fully saturated rings. The van der Waals surface area contributed by atoms with Crippen LogP contribution < -0.4 is 0 Å². The van der Waals surface area contributed by atoms with Crippen molar-refractivity contribution in [1.82, 2.24) is 0 Å². The van der Waals surface area contributed by atoms with Crippen LogP contribution in [0, 0.1) is 11.8 Å². The molecule has 0 spiro atoms. The third kappa shape index (κ3) is 5.41. The molecule has 0 heterocycles. The van der Waals surface area contributed by atoms with Crippen LogP contribution in [-0.2, 0) is 31.1 Å². The first-order valence-electron chi connectivity index (χ1n) is 5.96. The first-order valence-corrected chi connectivity index (χ1v) is 8.02. The molecule has 1 saturated carbocycles. The topological polar surface area (TPSA) is 93.1 Å². The van der Waals surface area contributed by atoms with E-state index < -0.39 is 22.7 Å². The molecule has 1 aliphatic rings. The van der Waals surface area contributed by atoms with Gasteiger partial charge in [0.15, 0.2) is 0 Å². The summed E-state index contributed by atoms with van der Waals surface area (Å²) in [5, 5.41) is 0. The zero-order chi connectivity index (χ0) is 13.7. The van der Waals surface area contributed by atoms with Gasteiger partial charge in [0.25, 0.3) is 0 Å². The van der Waals surface area contributed by atoms with E-state index in [1.54, 1.807) is 13.8 Å². The maximum atomic E-state index is 10.6. The van der Waals surface area contributed by atoms with Gasteiger partial charge in [-0.25, -0.2) is 0 Å². The molecule has 0 amide bonds. The summed E-state index contributed by atoms with van der Waals surface area (Å²) in [6.45, 7) is 3.59. The Kier molecular flexibility index (Phi) is 6.89. The number of hydrogen-bond acceptors (Lipinski definition) is 4. The Morgan fingerprint density at radius 2 is 1.17 bits per heavy atom. The van der Waals surface area contributed by atoms with Crippen molar-refractivity contribution < 1.29 is 25.9 Å². The maximum Gasteiger partial charge on any atom is 0.302 e. The highest BCUT2D eigenvalue weighted by molar-refractivity contribution is 7.74. The van der Waals surface area contributed by atoms with Gasteiger partial charge in [-0.05, 0) is 51.4 Å². The third-order valence-electron chi connectivity index (χ3n) is 3.61. The van der Waals surface area contributed by atoms with Crippen molar-refractivity contribution in [3.05, 3.63) is 0 Å². The Hall–Kier alpha value is 0.140. The summed E-state index contributed by atoms with van der Waals surface area (Å²) in [6.07, 6.45) is 2.98. The monoisotopic (exact) mass is 300 g/mol. The SMILES string of the molecule is CC(OS(=O)O)C1CCC(C(C)OS(=O)O)CC1. The molecule has 108 valence electrons. The number of hydrogen-bond donors (Lipinski definition) is 2. The highest BCUT2D eigenvalue weighted by atomic mass is 32.2. The van der Waals surface area contributed by atoms with Crippen LogP contribution in [0.15, 0.2) is 0 Å². The zero-order valence-electron chi connectivity index (χ0n) is 10.5. The second-order valence-electron chi connectivity index (χ2n) is 4.71. The first kappa shape index (κ1) is 16.2. The van der Waals surface area contributed by atoms with Crippen LogP contribution in [-0.4, -0.2) is 29.7 Å². The van der Waals surface area contributed by atoms with Gasteiger partial charge in [-0.3, -0.25) is 17.5 Å². The smallest absolute Gasteiger partial charge is 0.284 e. The highest BCUT2D eigenvalue weighted by Gasteiger charge is 2.30. The molecule has 4 unspecified atom stereocenters. The Bertz CT molecular complexity index is 273. The Morgan fingerprint density at radius 1 is 0.889 bits per heavy atom. The van der Waals surface area contributed by atoms with E-state index in [1.165, 1.54) is 0 Å². The van der Waals surface area contributed by atoms with Crippen molar-refractivity contribution >= 4 is 22.7 Å². The molecule has 0 aromatic rings. The standard InChI is InChI=1S/C10H20O6S2/c1-7(15-17(11)12)9-3-5-10(6-4-9)8(2)16-18(13)14/h7-10H,3-6H2,1-2H3,(H,11,12)(H,13,14). The van der Waals surface area contributed by atoms with Gasteiger partial charge in [-0.15, -0.1) is 0 Å². The van der Waals surface area contributed by atoms with Crippen LogP contribution in [0.3, 0.4) is 0 Å². The summed E-state index contributed by atoms with van der Waals surface area (Å²) in [5.74, 6) is 0.508. The largest absolute Gasteiger partial charge is 0.302 e. The van der Waals surface area contributed by atoms with Gasteiger partial charge < -0.3 is 0 Å². The van der Waals surface area contributed by atoms with Gasteiger partial charge in [-0.1, -0.05) is 0 Å². The van der Waals surface area contributed by atoms with Crippen LogP contribution in [0.2, 0.25) is 0 Å². The lowest BCUT2D eigenvalue weighted by Crippen LogP contribution is -2.31. The lowest BCUT2D eigenvalue weighted by atomic mass is 9.78. The van der Waals surface area contributed by atoms with Gasteiger partial charge in [0.2, 0.25) is 0 Å². The van der Waals surface area contributed by atoms with E-state index in [-0.39, 0.29) is 24.0 Å². The molecule has 0 saturated heterocycles. The zero-order valence-corrected chi connectivity index (χ0v) is 12.1. The van der Waals surface area contributed by atoms with Crippen molar-refractivity contribution in [1.29, 1.82) is 0 Å².